The Morgan fingerprint density at radius 3 is 1.47 bits per heavy atom. The molecular weight excluding hydrogens is 384 g/mol. The van der Waals surface area contributed by atoms with E-state index in [0.717, 1.165) is 12.8 Å². The Balaban J connectivity index is 0. The second-order valence-corrected chi connectivity index (χ2v) is 7.86. The lowest BCUT2D eigenvalue weighted by atomic mass is 10.1. The van der Waals surface area contributed by atoms with Crippen LogP contribution in [0.1, 0.15) is 90.9 Å². The summed E-state index contributed by atoms with van der Waals surface area (Å²) < 4.78 is 5.03. The maximum absolute atomic E-state index is 11.1. The molecule has 1 unspecified atom stereocenters. The summed E-state index contributed by atoms with van der Waals surface area (Å²) in [5.74, 6) is -0.284. The van der Waals surface area contributed by atoms with Crippen LogP contribution < -0.4 is 5.73 Å². The third kappa shape index (κ3) is 25.3. The van der Waals surface area contributed by atoms with E-state index in [1.165, 1.54) is 64.2 Å². The molecule has 0 bridgehead atoms. The number of ether oxygens (including phenoxy) is 1. The lowest BCUT2D eigenvalue weighted by Gasteiger charge is -2.17. The first kappa shape index (κ1) is 31.5. The summed E-state index contributed by atoms with van der Waals surface area (Å²) in [6.07, 6.45) is 15.8. The predicted octanol–water partition coefficient (Wildman–Crippen LogP) is 2.84. The minimum Gasteiger partial charge on any atom is -0.465 e. The average molecular weight is 435 g/mol. The second-order valence-electron chi connectivity index (χ2n) is 7.86. The van der Waals surface area contributed by atoms with Gasteiger partial charge in [-0.3, -0.25) is 9.69 Å². The van der Waals surface area contributed by atoms with Crippen molar-refractivity contribution in [1.82, 2.24) is 4.90 Å². The maximum Gasteiger partial charge on any atom is 0.322 e. The molecule has 0 amide bonds. The number of hydrogen-bond donors (Lipinski definition) is 4. The molecule has 0 aromatic rings. The molecule has 1 atom stereocenters. The van der Waals surface area contributed by atoms with Gasteiger partial charge in [-0.25, -0.2) is 0 Å². The van der Waals surface area contributed by atoms with Crippen LogP contribution in [-0.4, -0.2) is 78.3 Å². The summed E-state index contributed by atoms with van der Waals surface area (Å²) in [6.45, 7) is 6.20. The summed E-state index contributed by atoms with van der Waals surface area (Å²) in [6, 6.07) is -0.493. The highest BCUT2D eigenvalue weighted by molar-refractivity contribution is 5.74. The quantitative estimate of drug-likeness (QED) is 0.172. The van der Waals surface area contributed by atoms with E-state index in [4.69, 9.17) is 25.8 Å². The minimum absolute atomic E-state index is 0.0694. The first-order chi connectivity index (χ1) is 14.5. The largest absolute Gasteiger partial charge is 0.465 e. The predicted molar refractivity (Wildman–Crippen MR) is 123 cm³/mol. The highest BCUT2D eigenvalue weighted by atomic mass is 16.5. The van der Waals surface area contributed by atoms with Crippen LogP contribution in [-0.2, 0) is 9.53 Å². The highest BCUT2D eigenvalue weighted by Gasteiger charge is 2.07. The van der Waals surface area contributed by atoms with Crippen molar-refractivity contribution in [2.45, 2.75) is 96.9 Å². The van der Waals surface area contributed by atoms with Crippen LogP contribution in [0.2, 0.25) is 0 Å². The summed E-state index contributed by atoms with van der Waals surface area (Å²) in [7, 11) is 0. The van der Waals surface area contributed by atoms with Crippen LogP contribution >= 0.6 is 0 Å². The highest BCUT2D eigenvalue weighted by Crippen LogP contribution is 2.11. The Labute approximate surface area is 185 Å². The van der Waals surface area contributed by atoms with Crippen molar-refractivity contribution in [2.75, 3.05) is 46.1 Å². The fourth-order valence-electron chi connectivity index (χ4n) is 3.01. The number of rotatable bonds is 20. The van der Waals surface area contributed by atoms with Crippen LogP contribution in [0.4, 0.5) is 0 Å². The van der Waals surface area contributed by atoms with Gasteiger partial charge in [-0.2, -0.15) is 0 Å². The number of hydrogen-bond acceptors (Lipinski definition) is 7. The monoisotopic (exact) mass is 434 g/mol. The van der Waals surface area contributed by atoms with Gasteiger partial charge in [0.2, 0.25) is 0 Å². The normalized spacial score (nSPS) is 11.8. The summed E-state index contributed by atoms with van der Waals surface area (Å²) >= 11 is 0. The van der Waals surface area contributed by atoms with Crippen LogP contribution in [0.15, 0.2) is 0 Å². The maximum atomic E-state index is 11.1. The number of carbonyl (C=O) groups excluding carboxylic acids is 1. The Kier molecular flexibility index (Phi) is 27.6. The Morgan fingerprint density at radius 2 is 1.13 bits per heavy atom. The number of carbonyl (C=O) groups is 1. The van der Waals surface area contributed by atoms with E-state index >= 15 is 0 Å². The van der Waals surface area contributed by atoms with Gasteiger partial charge < -0.3 is 25.8 Å². The van der Waals surface area contributed by atoms with E-state index in [2.05, 4.69) is 6.92 Å². The molecule has 0 fully saturated rings. The molecule has 0 rings (SSSR count). The van der Waals surface area contributed by atoms with Crippen LogP contribution in [0.25, 0.3) is 0 Å². The smallest absolute Gasteiger partial charge is 0.322 e. The number of unbranched alkanes of at least 4 members (excludes halogenated alkanes) is 11. The van der Waals surface area contributed by atoms with Gasteiger partial charge in [0.05, 0.1) is 26.4 Å². The topological polar surface area (TPSA) is 116 Å². The molecule has 0 aromatic heterocycles. The zero-order valence-corrected chi connectivity index (χ0v) is 19.7. The summed E-state index contributed by atoms with van der Waals surface area (Å²) in [4.78, 5) is 12.9. The summed E-state index contributed by atoms with van der Waals surface area (Å²) in [5.41, 5.74) is 5.41. The second kappa shape index (κ2) is 26.3. The van der Waals surface area contributed by atoms with Crippen LogP contribution in [0.3, 0.4) is 0 Å². The van der Waals surface area contributed by atoms with Gasteiger partial charge in [-0.05, 0) is 13.3 Å². The Bertz CT molecular complexity index is 329. The zero-order valence-electron chi connectivity index (χ0n) is 19.7. The van der Waals surface area contributed by atoms with E-state index in [9.17, 15) is 4.79 Å². The molecule has 7 nitrogen and oxygen atoms in total. The first-order valence-electron chi connectivity index (χ1n) is 12.0. The molecule has 7 heteroatoms. The minimum atomic E-state index is -0.493. The van der Waals surface area contributed by atoms with Crippen LogP contribution in [0, 0.1) is 0 Å². The average Bonchev–Trinajstić information content (AvgIpc) is 2.72. The van der Waals surface area contributed by atoms with Crippen molar-refractivity contribution in [3.05, 3.63) is 0 Å². The Morgan fingerprint density at radius 1 is 0.767 bits per heavy atom. The zero-order chi connectivity index (χ0) is 22.9. The van der Waals surface area contributed by atoms with Gasteiger partial charge in [-0.15, -0.1) is 0 Å². The van der Waals surface area contributed by atoms with Crippen molar-refractivity contribution in [3.63, 3.8) is 0 Å². The number of aliphatic hydroxyl groups excluding tert-OH is 3. The van der Waals surface area contributed by atoms with Crippen molar-refractivity contribution in [1.29, 1.82) is 0 Å². The van der Waals surface area contributed by atoms with Crippen LogP contribution in [0.5, 0.6) is 0 Å². The lowest BCUT2D eigenvalue weighted by molar-refractivity contribution is -0.144. The number of nitrogens with zero attached hydrogens (tertiary/aromatic N) is 1. The number of nitrogens with two attached hydrogens (primary N) is 1. The van der Waals surface area contributed by atoms with E-state index in [-0.39, 0.29) is 25.8 Å². The van der Waals surface area contributed by atoms with E-state index < -0.39 is 6.04 Å². The van der Waals surface area contributed by atoms with Crippen molar-refractivity contribution in [3.8, 4) is 0 Å². The molecule has 0 aliphatic heterocycles. The fraction of sp³-hybridized carbons (Fsp3) is 0.957. The molecule has 0 aliphatic carbocycles. The standard InChI is InChI=1S/C17H35NO2.C6H15NO3/c1-3-4-5-6-7-8-9-10-11-12-13-14-15-20-17(19)16(2)18;8-4-1-7(2-5-9)3-6-10/h16H,3-15,18H2,1-2H3;8-10H,1-6H2. The number of esters is 1. The molecule has 30 heavy (non-hydrogen) atoms. The van der Waals surface area contributed by atoms with Crippen molar-refractivity contribution >= 4 is 5.97 Å². The number of aliphatic hydroxyl groups is 3. The molecule has 0 aliphatic rings. The molecule has 182 valence electrons. The third-order valence-electron chi connectivity index (χ3n) is 4.86. The molecular formula is C23H50N2O5. The molecule has 0 radical (unpaired) electrons. The fourth-order valence-corrected chi connectivity index (χ4v) is 3.01. The molecule has 0 saturated heterocycles. The lowest BCUT2D eigenvalue weighted by Crippen LogP contribution is -2.32. The molecule has 0 saturated carbocycles. The van der Waals surface area contributed by atoms with Gasteiger partial charge in [0.1, 0.15) is 6.04 Å². The molecule has 5 N–H and O–H groups in total. The van der Waals surface area contributed by atoms with Gasteiger partial charge in [-0.1, -0.05) is 77.6 Å². The van der Waals surface area contributed by atoms with E-state index in [1.54, 1.807) is 11.8 Å². The first-order valence-corrected chi connectivity index (χ1v) is 12.0. The summed E-state index contributed by atoms with van der Waals surface area (Å²) in [5, 5.41) is 25.5. The molecule has 0 heterocycles. The third-order valence-corrected chi connectivity index (χ3v) is 4.86. The van der Waals surface area contributed by atoms with Gasteiger partial charge >= 0.3 is 5.97 Å². The van der Waals surface area contributed by atoms with Crippen molar-refractivity contribution < 1.29 is 24.9 Å². The Hall–Kier alpha value is -0.730. The van der Waals surface area contributed by atoms with E-state index in [0.29, 0.717) is 26.2 Å². The van der Waals surface area contributed by atoms with E-state index in [1.807, 2.05) is 0 Å². The van der Waals surface area contributed by atoms with Gasteiger partial charge in [0, 0.05) is 19.6 Å². The van der Waals surface area contributed by atoms with Gasteiger partial charge in [0.25, 0.3) is 0 Å². The van der Waals surface area contributed by atoms with Crippen molar-refractivity contribution in [2.24, 2.45) is 5.73 Å². The molecule has 0 aromatic carbocycles. The molecule has 0 spiro atoms. The SMILES string of the molecule is CCCCCCCCCCCCCCOC(=O)C(C)N.OCCN(CCO)CCO. The van der Waals surface area contributed by atoms with Gasteiger partial charge in [0.15, 0.2) is 0 Å².